The molecule has 0 heterocycles. The van der Waals surface area contributed by atoms with E-state index >= 15 is 0 Å². The highest BCUT2D eigenvalue weighted by molar-refractivity contribution is 5.94. The van der Waals surface area contributed by atoms with Gasteiger partial charge in [-0.2, -0.15) is 0 Å². The van der Waals surface area contributed by atoms with Crippen LogP contribution in [0.3, 0.4) is 0 Å². The van der Waals surface area contributed by atoms with Crippen LogP contribution in [-0.2, 0) is 11.3 Å². The molecule has 29 heavy (non-hydrogen) atoms. The normalized spacial score (nSPS) is 10.3. The van der Waals surface area contributed by atoms with Crippen molar-refractivity contribution in [3.8, 4) is 11.5 Å². The van der Waals surface area contributed by atoms with E-state index in [9.17, 15) is 9.59 Å². The topological polar surface area (TPSA) is 103 Å². The summed E-state index contributed by atoms with van der Waals surface area (Å²) in [6.07, 6.45) is 1.70. The molecular weight excluding hydrogens is 370 g/mol. The van der Waals surface area contributed by atoms with E-state index in [2.05, 4.69) is 10.6 Å². The van der Waals surface area contributed by atoms with Crippen molar-refractivity contribution in [3.63, 3.8) is 0 Å². The minimum Gasteiger partial charge on any atom is -0.497 e. The average Bonchev–Trinajstić information content (AvgIpc) is 2.76. The minimum atomic E-state index is -0.129. The molecule has 0 saturated heterocycles. The minimum absolute atomic E-state index is 0.0213. The predicted molar refractivity (Wildman–Crippen MR) is 112 cm³/mol. The number of hydrogen-bond donors (Lipinski definition) is 3. The maximum Gasteiger partial charge on any atom is 0.251 e. The molecule has 0 bridgehead atoms. The zero-order valence-electron chi connectivity index (χ0n) is 16.8. The van der Waals surface area contributed by atoms with Gasteiger partial charge in [-0.15, -0.1) is 0 Å². The van der Waals surface area contributed by atoms with E-state index < -0.39 is 0 Å². The largest absolute Gasteiger partial charge is 0.497 e. The number of amides is 2. The van der Waals surface area contributed by atoms with Crippen molar-refractivity contribution in [1.82, 2.24) is 10.6 Å². The summed E-state index contributed by atoms with van der Waals surface area (Å²) in [5, 5.41) is 5.69. The molecule has 0 atom stereocenters. The van der Waals surface area contributed by atoms with E-state index in [1.807, 2.05) is 36.4 Å². The molecule has 4 N–H and O–H groups in total. The zero-order chi connectivity index (χ0) is 20.9. The summed E-state index contributed by atoms with van der Waals surface area (Å²) < 4.78 is 10.7. The van der Waals surface area contributed by atoms with Crippen LogP contribution in [0.2, 0.25) is 0 Å². The lowest BCUT2D eigenvalue weighted by atomic mass is 10.1. The summed E-state index contributed by atoms with van der Waals surface area (Å²) >= 11 is 0. The Kier molecular flexibility index (Phi) is 9.51. The fourth-order valence-corrected chi connectivity index (χ4v) is 2.60. The average molecular weight is 399 g/mol. The molecular formula is C22H29N3O4. The van der Waals surface area contributed by atoms with Crippen molar-refractivity contribution >= 4 is 11.8 Å². The highest BCUT2D eigenvalue weighted by Crippen LogP contribution is 2.17. The van der Waals surface area contributed by atoms with Crippen molar-refractivity contribution in [3.05, 3.63) is 59.7 Å². The number of nitrogens with one attached hydrogen (secondary N) is 2. The lowest BCUT2D eigenvalue weighted by Crippen LogP contribution is -2.30. The molecule has 7 heteroatoms. The van der Waals surface area contributed by atoms with Gasteiger partial charge in [-0.1, -0.05) is 12.1 Å². The molecule has 0 radical (unpaired) electrons. The van der Waals surface area contributed by atoms with Crippen LogP contribution in [-0.4, -0.2) is 38.6 Å². The molecule has 2 aromatic carbocycles. The number of methoxy groups -OCH3 is 1. The molecule has 0 aromatic heterocycles. The summed E-state index contributed by atoms with van der Waals surface area (Å²) in [6, 6.07) is 14.5. The number of hydrogen-bond acceptors (Lipinski definition) is 5. The number of nitrogens with two attached hydrogens (primary N) is 1. The van der Waals surface area contributed by atoms with Crippen molar-refractivity contribution in [2.24, 2.45) is 5.73 Å². The highest BCUT2D eigenvalue weighted by Gasteiger charge is 2.05. The van der Waals surface area contributed by atoms with Crippen molar-refractivity contribution in [2.45, 2.75) is 25.8 Å². The Hall–Kier alpha value is -3.06. The van der Waals surface area contributed by atoms with Gasteiger partial charge in [0.25, 0.3) is 5.91 Å². The molecule has 156 valence electrons. The van der Waals surface area contributed by atoms with E-state index in [1.165, 1.54) is 0 Å². The summed E-state index contributed by atoms with van der Waals surface area (Å²) in [7, 11) is 1.61. The predicted octanol–water partition coefficient (Wildman–Crippen LogP) is 2.25. The van der Waals surface area contributed by atoms with E-state index in [4.69, 9.17) is 15.2 Å². The second-order valence-corrected chi connectivity index (χ2v) is 6.49. The third kappa shape index (κ3) is 8.23. The molecule has 0 fully saturated rings. The van der Waals surface area contributed by atoms with Crippen LogP contribution in [0.4, 0.5) is 0 Å². The molecule has 0 aliphatic carbocycles. The molecule has 0 unspecified atom stereocenters. The van der Waals surface area contributed by atoms with Crippen molar-refractivity contribution in [1.29, 1.82) is 0 Å². The first-order chi connectivity index (χ1) is 14.1. The fourth-order valence-electron chi connectivity index (χ4n) is 2.60. The quantitative estimate of drug-likeness (QED) is 0.475. The molecule has 2 aromatic rings. The van der Waals surface area contributed by atoms with Gasteiger partial charge in [-0.3, -0.25) is 9.59 Å². The number of carbonyl (C=O) groups excluding carboxylic acids is 2. The van der Waals surface area contributed by atoms with Gasteiger partial charge in [0.1, 0.15) is 11.5 Å². The van der Waals surface area contributed by atoms with Gasteiger partial charge in [0, 0.05) is 31.6 Å². The van der Waals surface area contributed by atoms with Crippen LogP contribution in [0.1, 0.15) is 35.2 Å². The van der Waals surface area contributed by atoms with E-state index in [0.29, 0.717) is 51.1 Å². The lowest BCUT2D eigenvalue weighted by Gasteiger charge is -2.08. The molecule has 0 spiro atoms. The Morgan fingerprint density at radius 3 is 2.21 bits per heavy atom. The SMILES string of the molecule is COc1ccc(OCCCC(=O)NCCCNC(=O)c2ccc(CN)cc2)cc1. The van der Waals surface area contributed by atoms with Gasteiger partial charge in [0.05, 0.1) is 13.7 Å². The molecule has 0 aliphatic heterocycles. The van der Waals surface area contributed by atoms with Crippen LogP contribution in [0.15, 0.2) is 48.5 Å². The first kappa shape index (κ1) is 22.2. The van der Waals surface area contributed by atoms with Crippen molar-refractivity contribution < 1.29 is 19.1 Å². The Morgan fingerprint density at radius 2 is 1.55 bits per heavy atom. The molecule has 0 saturated carbocycles. The zero-order valence-corrected chi connectivity index (χ0v) is 16.8. The van der Waals surface area contributed by atoms with Gasteiger partial charge in [-0.05, 0) is 54.8 Å². The molecule has 7 nitrogen and oxygen atoms in total. The molecule has 2 rings (SSSR count). The highest BCUT2D eigenvalue weighted by atomic mass is 16.5. The smallest absolute Gasteiger partial charge is 0.251 e. The molecule has 0 aliphatic rings. The maximum atomic E-state index is 12.0. The summed E-state index contributed by atoms with van der Waals surface area (Å²) in [5.41, 5.74) is 7.13. The number of rotatable bonds is 12. The third-order valence-electron chi connectivity index (χ3n) is 4.29. The maximum absolute atomic E-state index is 12.0. The van der Waals surface area contributed by atoms with E-state index in [-0.39, 0.29) is 11.8 Å². The second kappa shape index (κ2) is 12.4. The van der Waals surface area contributed by atoms with Crippen molar-refractivity contribution in [2.75, 3.05) is 26.8 Å². The van der Waals surface area contributed by atoms with Crippen LogP contribution in [0.25, 0.3) is 0 Å². The Balaban J connectivity index is 1.51. The van der Waals surface area contributed by atoms with Crippen LogP contribution in [0, 0.1) is 0 Å². The monoisotopic (exact) mass is 399 g/mol. The first-order valence-corrected chi connectivity index (χ1v) is 9.73. The second-order valence-electron chi connectivity index (χ2n) is 6.49. The fraction of sp³-hybridized carbons (Fsp3) is 0.364. The summed E-state index contributed by atoms with van der Waals surface area (Å²) in [5.74, 6) is 1.37. The third-order valence-corrected chi connectivity index (χ3v) is 4.29. The standard InChI is InChI=1S/C22H29N3O4/c1-28-19-9-11-20(12-10-19)29-15-2-4-21(26)24-13-3-14-25-22(27)18-7-5-17(16-23)6-8-18/h5-12H,2-4,13-16,23H2,1H3,(H,24,26)(H,25,27). The number of ether oxygens (including phenoxy) is 2. The van der Waals surface area contributed by atoms with Crippen LogP contribution >= 0.6 is 0 Å². The van der Waals surface area contributed by atoms with Crippen LogP contribution in [0.5, 0.6) is 11.5 Å². The van der Waals surface area contributed by atoms with Gasteiger partial charge >= 0.3 is 0 Å². The van der Waals surface area contributed by atoms with Crippen LogP contribution < -0.4 is 25.8 Å². The number of benzene rings is 2. The Morgan fingerprint density at radius 1 is 0.897 bits per heavy atom. The lowest BCUT2D eigenvalue weighted by molar-refractivity contribution is -0.121. The Bertz CT molecular complexity index is 761. The summed E-state index contributed by atoms with van der Waals surface area (Å²) in [4.78, 5) is 23.9. The Labute approximate surface area is 171 Å². The van der Waals surface area contributed by atoms with Gasteiger partial charge in [-0.25, -0.2) is 0 Å². The van der Waals surface area contributed by atoms with E-state index in [1.54, 1.807) is 19.2 Å². The van der Waals surface area contributed by atoms with Gasteiger partial charge in [0.2, 0.25) is 5.91 Å². The first-order valence-electron chi connectivity index (χ1n) is 9.73. The number of carbonyl (C=O) groups is 2. The summed E-state index contributed by atoms with van der Waals surface area (Å²) in [6.45, 7) is 1.94. The van der Waals surface area contributed by atoms with Gasteiger partial charge in [0.15, 0.2) is 0 Å². The van der Waals surface area contributed by atoms with E-state index in [0.717, 1.165) is 17.1 Å². The molecule has 2 amide bonds. The van der Waals surface area contributed by atoms with Gasteiger partial charge < -0.3 is 25.8 Å².